The zero-order valence-corrected chi connectivity index (χ0v) is 6.78. The standard InChI is InChI=1S/C6H7ClN2S/c7-5-3-4(9-8)1-2-6(5)10/h1-3,9-10H,8H2. The van der Waals surface area contributed by atoms with Crippen LogP contribution in [0.2, 0.25) is 5.02 Å². The van der Waals surface area contributed by atoms with Crippen LogP contribution in [-0.2, 0) is 0 Å². The quantitative estimate of drug-likeness (QED) is 0.346. The number of benzene rings is 1. The van der Waals surface area contributed by atoms with Crippen molar-refractivity contribution in [3.63, 3.8) is 0 Å². The Bertz CT molecular complexity index is 239. The van der Waals surface area contributed by atoms with Crippen LogP contribution in [0.3, 0.4) is 0 Å². The van der Waals surface area contributed by atoms with Crippen molar-refractivity contribution in [2.24, 2.45) is 5.84 Å². The van der Waals surface area contributed by atoms with Crippen LogP contribution in [0.5, 0.6) is 0 Å². The molecule has 1 rings (SSSR count). The second-order valence-corrected chi connectivity index (χ2v) is 2.70. The van der Waals surface area contributed by atoms with E-state index in [1.54, 1.807) is 18.2 Å². The first kappa shape index (κ1) is 7.72. The molecule has 0 aliphatic carbocycles. The van der Waals surface area contributed by atoms with Gasteiger partial charge in [0.25, 0.3) is 0 Å². The SMILES string of the molecule is NNc1ccc(S)c(Cl)c1. The Morgan fingerprint density at radius 2 is 2.20 bits per heavy atom. The van der Waals surface area contributed by atoms with Crippen molar-refractivity contribution in [3.8, 4) is 0 Å². The van der Waals surface area contributed by atoms with Crippen molar-refractivity contribution in [2.45, 2.75) is 4.90 Å². The van der Waals surface area contributed by atoms with Gasteiger partial charge in [-0.3, -0.25) is 5.84 Å². The van der Waals surface area contributed by atoms with E-state index in [-0.39, 0.29) is 0 Å². The van der Waals surface area contributed by atoms with Crippen molar-refractivity contribution >= 4 is 29.9 Å². The smallest absolute Gasteiger partial charge is 0.0560 e. The summed E-state index contributed by atoms with van der Waals surface area (Å²) < 4.78 is 0. The minimum atomic E-state index is 0.596. The number of nitrogens with one attached hydrogen (secondary N) is 1. The molecule has 0 amide bonds. The Labute approximate surface area is 69.7 Å². The highest BCUT2D eigenvalue weighted by molar-refractivity contribution is 7.80. The molecule has 0 atom stereocenters. The predicted molar refractivity (Wildman–Crippen MR) is 46.5 cm³/mol. The first-order valence-electron chi connectivity index (χ1n) is 2.69. The third-order valence-corrected chi connectivity index (χ3v) is 1.95. The van der Waals surface area contributed by atoms with E-state index >= 15 is 0 Å². The van der Waals surface area contributed by atoms with E-state index in [0.29, 0.717) is 5.02 Å². The molecule has 10 heavy (non-hydrogen) atoms. The lowest BCUT2D eigenvalue weighted by Crippen LogP contribution is -2.06. The molecule has 4 heteroatoms. The summed E-state index contributed by atoms with van der Waals surface area (Å²) in [6.07, 6.45) is 0. The number of nitrogen functional groups attached to an aromatic ring is 1. The van der Waals surface area contributed by atoms with Crippen LogP contribution in [0, 0.1) is 0 Å². The van der Waals surface area contributed by atoms with E-state index < -0.39 is 0 Å². The Morgan fingerprint density at radius 3 is 2.70 bits per heavy atom. The van der Waals surface area contributed by atoms with Gasteiger partial charge in [0, 0.05) is 4.90 Å². The summed E-state index contributed by atoms with van der Waals surface area (Å²) in [6, 6.07) is 5.29. The molecule has 0 spiro atoms. The van der Waals surface area contributed by atoms with E-state index in [1.165, 1.54) is 0 Å². The molecule has 0 unspecified atom stereocenters. The highest BCUT2D eigenvalue weighted by Crippen LogP contribution is 2.22. The van der Waals surface area contributed by atoms with E-state index in [4.69, 9.17) is 17.4 Å². The zero-order chi connectivity index (χ0) is 7.56. The summed E-state index contributed by atoms with van der Waals surface area (Å²) >= 11 is 9.80. The minimum Gasteiger partial charge on any atom is -0.324 e. The van der Waals surface area contributed by atoms with Crippen LogP contribution in [-0.4, -0.2) is 0 Å². The molecular weight excluding hydrogens is 168 g/mol. The molecule has 0 aromatic heterocycles. The van der Waals surface area contributed by atoms with Gasteiger partial charge in [0.15, 0.2) is 0 Å². The van der Waals surface area contributed by atoms with Crippen molar-refractivity contribution in [1.82, 2.24) is 0 Å². The lowest BCUT2D eigenvalue weighted by atomic mass is 10.3. The summed E-state index contributed by atoms with van der Waals surface area (Å²) in [5, 5.41) is 0.596. The normalized spacial score (nSPS) is 9.50. The second kappa shape index (κ2) is 3.14. The molecule has 3 N–H and O–H groups in total. The average molecular weight is 175 g/mol. The molecule has 2 nitrogen and oxygen atoms in total. The predicted octanol–water partition coefficient (Wildman–Crippen LogP) is 1.91. The van der Waals surface area contributed by atoms with Crippen molar-refractivity contribution in [1.29, 1.82) is 0 Å². The van der Waals surface area contributed by atoms with Crippen LogP contribution in [0.1, 0.15) is 0 Å². The largest absolute Gasteiger partial charge is 0.324 e. The fraction of sp³-hybridized carbons (Fsp3) is 0. The highest BCUT2D eigenvalue weighted by Gasteiger charge is 1.94. The molecule has 0 aliphatic heterocycles. The third kappa shape index (κ3) is 1.56. The summed E-state index contributed by atoms with van der Waals surface area (Å²) in [5.74, 6) is 5.14. The molecule has 0 saturated heterocycles. The van der Waals surface area contributed by atoms with Crippen molar-refractivity contribution in [2.75, 3.05) is 5.43 Å². The molecule has 0 heterocycles. The van der Waals surface area contributed by atoms with Gasteiger partial charge in [-0.2, -0.15) is 0 Å². The van der Waals surface area contributed by atoms with E-state index in [0.717, 1.165) is 10.6 Å². The fourth-order valence-corrected chi connectivity index (χ4v) is 0.916. The summed E-state index contributed by atoms with van der Waals surface area (Å²) in [6.45, 7) is 0. The fourth-order valence-electron chi connectivity index (χ4n) is 0.597. The maximum Gasteiger partial charge on any atom is 0.0560 e. The lowest BCUT2D eigenvalue weighted by Gasteiger charge is -2.00. The number of rotatable bonds is 1. The van der Waals surface area contributed by atoms with Crippen LogP contribution >= 0.6 is 24.2 Å². The van der Waals surface area contributed by atoms with Crippen LogP contribution in [0.4, 0.5) is 5.69 Å². The topological polar surface area (TPSA) is 38.0 Å². The zero-order valence-electron chi connectivity index (χ0n) is 5.13. The number of hydrogen-bond acceptors (Lipinski definition) is 3. The minimum absolute atomic E-state index is 0.596. The summed E-state index contributed by atoms with van der Waals surface area (Å²) in [5.41, 5.74) is 3.26. The first-order valence-corrected chi connectivity index (χ1v) is 3.51. The Kier molecular flexibility index (Phi) is 2.43. The molecule has 0 aliphatic rings. The highest BCUT2D eigenvalue weighted by atomic mass is 35.5. The molecule has 0 bridgehead atoms. The summed E-state index contributed by atoms with van der Waals surface area (Å²) in [7, 11) is 0. The number of hydrazine groups is 1. The van der Waals surface area contributed by atoms with Crippen molar-refractivity contribution in [3.05, 3.63) is 23.2 Å². The van der Waals surface area contributed by atoms with Gasteiger partial charge in [-0.1, -0.05) is 11.6 Å². The third-order valence-electron chi connectivity index (χ3n) is 1.11. The number of anilines is 1. The maximum absolute atomic E-state index is 5.72. The van der Waals surface area contributed by atoms with E-state index in [2.05, 4.69) is 18.1 Å². The molecular formula is C6H7ClN2S. The van der Waals surface area contributed by atoms with Gasteiger partial charge in [-0.05, 0) is 18.2 Å². The maximum atomic E-state index is 5.72. The molecule has 0 radical (unpaired) electrons. The molecule has 1 aromatic carbocycles. The Hall–Kier alpha value is -0.380. The van der Waals surface area contributed by atoms with Crippen LogP contribution in [0.25, 0.3) is 0 Å². The lowest BCUT2D eigenvalue weighted by molar-refractivity contribution is 1.33. The van der Waals surface area contributed by atoms with Crippen LogP contribution < -0.4 is 11.3 Å². The summed E-state index contributed by atoms with van der Waals surface area (Å²) in [4.78, 5) is 0.751. The van der Waals surface area contributed by atoms with Gasteiger partial charge < -0.3 is 5.43 Å². The number of nitrogens with two attached hydrogens (primary N) is 1. The van der Waals surface area contributed by atoms with Crippen LogP contribution in [0.15, 0.2) is 23.1 Å². The van der Waals surface area contributed by atoms with E-state index in [9.17, 15) is 0 Å². The second-order valence-electron chi connectivity index (χ2n) is 1.81. The number of thiol groups is 1. The van der Waals surface area contributed by atoms with Crippen molar-refractivity contribution < 1.29 is 0 Å². The molecule has 54 valence electrons. The molecule has 0 fully saturated rings. The molecule has 1 aromatic rings. The van der Waals surface area contributed by atoms with Gasteiger partial charge in [-0.15, -0.1) is 12.6 Å². The van der Waals surface area contributed by atoms with Gasteiger partial charge in [0.2, 0.25) is 0 Å². The first-order chi connectivity index (χ1) is 4.74. The van der Waals surface area contributed by atoms with Gasteiger partial charge >= 0.3 is 0 Å². The average Bonchev–Trinajstić information content (AvgIpc) is 1.95. The van der Waals surface area contributed by atoms with Gasteiger partial charge in [0.05, 0.1) is 10.7 Å². The van der Waals surface area contributed by atoms with Gasteiger partial charge in [-0.25, -0.2) is 0 Å². The monoisotopic (exact) mass is 174 g/mol. The van der Waals surface area contributed by atoms with E-state index in [1.807, 2.05) is 0 Å². The Morgan fingerprint density at radius 1 is 1.50 bits per heavy atom. The Balaban J connectivity index is 3.04. The number of hydrogen-bond donors (Lipinski definition) is 3. The number of halogens is 1. The molecule has 0 saturated carbocycles. The van der Waals surface area contributed by atoms with Gasteiger partial charge in [0.1, 0.15) is 0 Å².